The lowest BCUT2D eigenvalue weighted by Crippen LogP contribution is -2.16. The van der Waals surface area contributed by atoms with Crippen LogP contribution in [0.5, 0.6) is 0 Å². The molecule has 1 aliphatic heterocycles. The van der Waals surface area contributed by atoms with E-state index in [0.717, 1.165) is 36.8 Å². The van der Waals surface area contributed by atoms with Gasteiger partial charge in [-0.1, -0.05) is 12.1 Å². The maximum Gasteiger partial charge on any atom is 0.196 e. The van der Waals surface area contributed by atoms with Crippen LogP contribution in [0.2, 0.25) is 0 Å². The van der Waals surface area contributed by atoms with Gasteiger partial charge < -0.3 is 5.32 Å². The first kappa shape index (κ1) is 11.8. The van der Waals surface area contributed by atoms with Crippen molar-refractivity contribution in [3.8, 4) is 0 Å². The Kier molecular flexibility index (Phi) is 2.99. The molecule has 3 nitrogen and oxygen atoms in total. The molecular weight excluding hydrogens is 243 g/mol. The van der Waals surface area contributed by atoms with E-state index in [-0.39, 0.29) is 11.3 Å². The molecule has 0 saturated heterocycles. The maximum atomic E-state index is 13.7. The molecule has 2 heterocycles. The van der Waals surface area contributed by atoms with Crippen LogP contribution in [-0.2, 0) is 6.42 Å². The van der Waals surface area contributed by atoms with Gasteiger partial charge in [-0.2, -0.15) is 0 Å². The molecule has 1 N–H and O–H groups in total. The molecule has 0 aliphatic carbocycles. The zero-order valence-electron chi connectivity index (χ0n) is 10.3. The first-order chi connectivity index (χ1) is 9.27. The highest BCUT2D eigenvalue weighted by Gasteiger charge is 2.20. The summed E-state index contributed by atoms with van der Waals surface area (Å²) in [6, 6.07) is 6.96. The van der Waals surface area contributed by atoms with Gasteiger partial charge in [-0.05, 0) is 30.5 Å². The number of rotatable bonds is 2. The number of nitrogens with one attached hydrogen (secondary N) is 1. The van der Waals surface area contributed by atoms with E-state index in [1.54, 1.807) is 6.07 Å². The van der Waals surface area contributed by atoms with Gasteiger partial charge in [-0.3, -0.25) is 9.78 Å². The van der Waals surface area contributed by atoms with Gasteiger partial charge in [0.15, 0.2) is 11.6 Å². The van der Waals surface area contributed by atoms with Gasteiger partial charge in [0.1, 0.15) is 0 Å². The minimum absolute atomic E-state index is 0.0778. The Morgan fingerprint density at radius 1 is 1.26 bits per heavy atom. The molecule has 0 radical (unpaired) electrons. The lowest BCUT2D eigenvalue weighted by Gasteiger charge is -2.20. The number of carbonyl (C=O) groups excluding carboxylic acids is 1. The largest absolute Gasteiger partial charge is 0.385 e. The molecule has 3 rings (SSSR count). The van der Waals surface area contributed by atoms with E-state index < -0.39 is 5.82 Å². The van der Waals surface area contributed by atoms with Gasteiger partial charge in [0.2, 0.25) is 0 Å². The highest BCUT2D eigenvalue weighted by Crippen LogP contribution is 2.27. The molecule has 0 unspecified atom stereocenters. The molecule has 1 aliphatic rings. The molecule has 0 fully saturated rings. The van der Waals surface area contributed by atoms with Crippen LogP contribution in [0, 0.1) is 5.82 Å². The van der Waals surface area contributed by atoms with Gasteiger partial charge in [-0.25, -0.2) is 4.39 Å². The number of anilines is 1. The van der Waals surface area contributed by atoms with Crippen LogP contribution in [0.3, 0.4) is 0 Å². The van der Waals surface area contributed by atoms with Crippen molar-refractivity contribution in [1.82, 2.24) is 4.98 Å². The summed E-state index contributed by atoms with van der Waals surface area (Å²) in [7, 11) is 0. The van der Waals surface area contributed by atoms with Crippen molar-refractivity contribution >= 4 is 11.5 Å². The molecule has 0 spiro atoms. The molecule has 96 valence electrons. The Bertz CT molecular complexity index is 640. The number of fused-ring (bicyclic) bond motifs is 1. The van der Waals surface area contributed by atoms with Gasteiger partial charge in [-0.15, -0.1) is 0 Å². The molecule has 1 aromatic carbocycles. The number of ketones is 1. The zero-order chi connectivity index (χ0) is 13.2. The number of carbonyl (C=O) groups is 1. The van der Waals surface area contributed by atoms with Gasteiger partial charge in [0.05, 0.1) is 11.8 Å². The Morgan fingerprint density at radius 2 is 2.16 bits per heavy atom. The lowest BCUT2D eigenvalue weighted by molar-refractivity contribution is 0.103. The molecule has 0 amide bonds. The van der Waals surface area contributed by atoms with Crippen molar-refractivity contribution in [2.24, 2.45) is 0 Å². The molecule has 4 heteroatoms. The van der Waals surface area contributed by atoms with Crippen LogP contribution >= 0.6 is 0 Å². The summed E-state index contributed by atoms with van der Waals surface area (Å²) in [5.74, 6) is -0.852. The molecule has 0 bridgehead atoms. The molecule has 0 atom stereocenters. The first-order valence-corrected chi connectivity index (χ1v) is 6.27. The summed E-state index contributed by atoms with van der Waals surface area (Å²) in [4.78, 5) is 16.1. The summed E-state index contributed by atoms with van der Waals surface area (Å²) in [5, 5.41) is 3.27. The SMILES string of the molecule is O=C(c1ccncc1F)c1cccc2c1CCCN2. The summed E-state index contributed by atoms with van der Waals surface area (Å²) < 4.78 is 13.7. The third-order valence-corrected chi connectivity index (χ3v) is 3.36. The Balaban J connectivity index is 2.08. The first-order valence-electron chi connectivity index (χ1n) is 6.27. The predicted octanol–water partition coefficient (Wildman–Crippen LogP) is 2.81. The van der Waals surface area contributed by atoms with E-state index in [2.05, 4.69) is 10.3 Å². The average molecular weight is 256 g/mol. The van der Waals surface area contributed by atoms with E-state index in [9.17, 15) is 9.18 Å². The number of halogens is 1. The quantitative estimate of drug-likeness (QED) is 0.840. The molecule has 1 aromatic heterocycles. The van der Waals surface area contributed by atoms with Crippen LogP contribution in [0.15, 0.2) is 36.7 Å². The molecule has 0 saturated carbocycles. The molecular formula is C15H13FN2O. The molecule has 2 aromatic rings. The maximum absolute atomic E-state index is 13.7. The zero-order valence-corrected chi connectivity index (χ0v) is 10.3. The van der Waals surface area contributed by atoms with Crippen LogP contribution in [0.25, 0.3) is 0 Å². The summed E-state index contributed by atoms with van der Waals surface area (Å²) >= 11 is 0. The highest BCUT2D eigenvalue weighted by molar-refractivity contribution is 6.10. The average Bonchev–Trinajstić information content (AvgIpc) is 2.46. The van der Waals surface area contributed by atoms with Gasteiger partial charge in [0, 0.05) is 24.0 Å². The fourth-order valence-electron chi connectivity index (χ4n) is 2.43. The van der Waals surface area contributed by atoms with Crippen LogP contribution in [-0.4, -0.2) is 17.3 Å². The van der Waals surface area contributed by atoms with Gasteiger partial charge >= 0.3 is 0 Å². The summed E-state index contributed by atoms with van der Waals surface area (Å²) in [6.45, 7) is 0.911. The number of aromatic nitrogens is 1. The topological polar surface area (TPSA) is 42.0 Å². The predicted molar refractivity (Wildman–Crippen MR) is 70.9 cm³/mol. The van der Waals surface area contributed by atoms with E-state index in [1.807, 2.05) is 12.1 Å². The third kappa shape index (κ3) is 2.10. The number of hydrogen-bond acceptors (Lipinski definition) is 3. The van der Waals surface area contributed by atoms with Crippen molar-refractivity contribution in [2.45, 2.75) is 12.8 Å². The number of benzene rings is 1. The number of nitrogens with zero attached hydrogens (tertiary/aromatic N) is 1. The summed E-state index contributed by atoms with van der Waals surface area (Å²) in [6.07, 6.45) is 4.33. The Hall–Kier alpha value is -2.23. The van der Waals surface area contributed by atoms with Crippen LogP contribution < -0.4 is 5.32 Å². The lowest BCUT2D eigenvalue weighted by atomic mass is 9.93. The fourth-order valence-corrected chi connectivity index (χ4v) is 2.43. The minimum atomic E-state index is -0.575. The summed E-state index contributed by atoms with van der Waals surface area (Å²) in [5.41, 5.74) is 2.62. The van der Waals surface area contributed by atoms with E-state index in [1.165, 1.54) is 12.3 Å². The Labute approximate surface area is 110 Å². The Morgan fingerprint density at radius 3 is 3.00 bits per heavy atom. The normalized spacial score (nSPS) is 13.5. The van der Waals surface area contributed by atoms with Crippen molar-refractivity contribution in [1.29, 1.82) is 0 Å². The minimum Gasteiger partial charge on any atom is -0.385 e. The van der Waals surface area contributed by atoms with Crippen molar-refractivity contribution in [3.05, 3.63) is 59.2 Å². The van der Waals surface area contributed by atoms with Crippen LogP contribution in [0.1, 0.15) is 27.9 Å². The van der Waals surface area contributed by atoms with Gasteiger partial charge in [0.25, 0.3) is 0 Å². The van der Waals surface area contributed by atoms with Crippen molar-refractivity contribution < 1.29 is 9.18 Å². The second-order valence-corrected chi connectivity index (χ2v) is 4.55. The number of pyridine rings is 1. The van der Waals surface area contributed by atoms with Crippen molar-refractivity contribution in [2.75, 3.05) is 11.9 Å². The van der Waals surface area contributed by atoms with Crippen molar-refractivity contribution in [3.63, 3.8) is 0 Å². The smallest absolute Gasteiger partial charge is 0.196 e. The molecule has 19 heavy (non-hydrogen) atoms. The highest BCUT2D eigenvalue weighted by atomic mass is 19.1. The third-order valence-electron chi connectivity index (χ3n) is 3.36. The van der Waals surface area contributed by atoms with Crippen LogP contribution in [0.4, 0.5) is 10.1 Å². The van der Waals surface area contributed by atoms with E-state index in [4.69, 9.17) is 0 Å². The standard InChI is InChI=1S/C15H13FN2O/c16-13-9-17-8-6-12(13)15(19)11-3-1-5-14-10(11)4-2-7-18-14/h1,3,5-6,8-9,18H,2,4,7H2. The second-order valence-electron chi connectivity index (χ2n) is 4.55. The van der Waals surface area contributed by atoms with E-state index >= 15 is 0 Å². The van der Waals surface area contributed by atoms with E-state index in [0.29, 0.717) is 5.56 Å². The monoisotopic (exact) mass is 256 g/mol. The fraction of sp³-hybridized carbons (Fsp3) is 0.200. The second kappa shape index (κ2) is 4.80. The number of hydrogen-bond donors (Lipinski definition) is 1.